The Hall–Kier alpha value is -1.76. The highest BCUT2D eigenvalue weighted by Gasteiger charge is 2.46. The number of benzene rings is 1. The van der Waals surface area contributed by atoms with Crippen molar-refractivity contribution in [1.29, 1.82) is 0 Å². The first-order valence-corrected chi connectivity index (χ1v) is 7.22. The Kier molecular flexibility index (Phi) is 5.06. The summed E-state index contributed by atoms with van der Waals surface area (Å²) in [5, 5.41) is 0. The quantitative estimate of drug-likeness (QED) is 0.784. The molecule has 2 rings (SSSR count). The van der Waals surface area contributed by atoms with Gasteiger partial charge in [0.05, 0.1) is 12.7 Å². The normalized spacial score (nSPS) is 24.1. The van der Waals surface area contributed by atoms with Gasteiger partial charge in [-0.15, -0.1) is 12.3 Å². The summed E-state index contributed by atoms with van der Waals surface area (Å²) in [4.78, 5) is 0. The van der Waals surface area contributed by atoms with Crippen molar-refractivity contribution >= 4 is 0 Å². The second-order valence-electron chi connectivity index (χ2n) is 5.59. The Morgan fingerprint density at radius 3 is 2.52 bits per heavy atom. The van der Waals surface area contributed by atoms with Crippen LogP contribution >= 0.6 is 0 Å². The van der Waals surface area contributed by atoms with Crippen LogP contribution in [0.1, 0.15) is 30.4 Å². The smallest absolute Gasteiger partial charge is 0.111 e. The van der Waals surface area contributed by atoms with Gasteiger partial charge in [0.25, 0.3) is 0 Å². The van der Waals surface area contributed by atoms with Crippen molar-refractivity contribution in [3.63, 3.8) is 0 Å². The fraction of sp³-hybridized carbons (Fsp3) is 0.444. The lowest BCUT2D eigenvalue weighted by molar-refractivity contribution is -0.141. The lowest BCUT2D eigenvalue weighted by Gasteiger charge is -2.46. The molecule has 2 N–H and O–H groups in total. The molecule has 0 radical (unpaired) electrons. The summed E-state index contributed by atoms with van der Waals surface area (Å²) in [6.07, 6.45) is 8.71. The van der Waals surface area contributed by atoms with Crippen LogP contribution in [0, 0.1) is 12.3 Å². The molecule has 1 saturated carbocycles. The summed E-state index contributed by atoms with van der Waals surface area (Å²) in [5.41, 5.74) is 8.41. The molecule has 3 heteroatoms. The van der Waals surface area contributed by atoms with Crippen LogP contribution in [-0.4, -0.2) is 18.8 Å². The van der Waals surface area contributed by atoms with Gasteiger partial charge in [-0.3, -0.25) is 0 Å². The van der Waals surface area contributed by atoms with E-state index in [1.54, 1.807) is 7.11 Å². The third-order valence-electron chi connectivity index (χ3n) is 4.16. The minimum absolute atomic E-state index is 0.186. The number of terminal acetylenes is 1. The van der Waals surface area contributed by atoms with E-state index in [9.17, 15) is 0 Å². The van der Waals surface area contributed by atoms with E-state index in [2.05, 4.69) is 36.8 Å². The van der Waals surface area contributed by atoms with Crippen LogP contribution in [0.3, 0.4) is 0 Å². The van der Waals surface area contributed by atoms with Crippen LogP contribution in [-0.2, 0) is 22.5 Å². The van der Waals surface area contributed by atoms with E-state index in [1.807, 2.05) is 0 Å². The molecule has 0 heterocycles. The van der Waals surface area contributed by atoms with Crippen molar-refractivity contribution in [2.24, 2.45) is 5.73 Å². The molecule has 1 aliphatic carbocycles. The fourth-order valence-corrected chi connectivity index (χ4v) is 2.59. The van der Waals surface area contributed by atoms with Gasteiger partial charge in [-0.1, -0.05) is 30.8 Å². The summed E-state index contributed by atoms with van der Waals surface area (Å²) in [5.74, 6) is 2.65. The molecule has 1 aliphatic rings. The Morgan fingerprint density at radius 2 is 2.00 bits per heavy atom. The highest BCUT2D eigenvalue weighted by Crippen LogP contribution is 2.41. The molecule has 0 atom stereocenters. The summed E-state index contributed by atoms with van der Waals surface area (Å²) >= 11 is 0. The molecule has 0 bridgehead atoms. The minimum Gasteiger partial charge on any atom is -0.400 e. The maximum absolute atomic E-state index is 5.88. The zero-order chi connectivity index (χ0) is 15.3. The molecule has 1 aromatic rings. The molecule has 112 valence electrons. The van der Waals surface area contributed by atoms with Crippen LogP contribution in [0.2, 0.25) is 0 Å². The molecule has 0 amide bonds. The SMILES string of the molecule is C#CCCc1ccc(COC2CC(OC)(C(=C)N)C2)cc1. The Bertz CT molecular complexity index is 521. The van der Waals surface area contributed by atoms with Crippen molar-refractivity contribution < 1.29 is 9.47 Å². The number of hydrogen-bond donors (Lipinski definition) is 1. The van der Waals surface area contributed by atoms with Gasteiger partial charge >= 0.3 is 0 Å². The molecule has 1 aromatic carbocycles. The van der Waals surface area contributed by atoms with Gasteiger partial charge in [-0.2, -0.15) is 0 Å². The van der Waals surface area contributed by atoms with Gasteiger partial charge < -0.3 is 15.2 Å². The van der Waals surface area contributed by atoms with E-state index >= 15 is 0 Å². The maximum atomic E-state index is 5.88. The largest absolute Gasteiger partial charge is 0.400 e. The van der Waals surface area contributed by atoms with Gasteiger partial charge in [-0.25, -0.2) is 0 Å². The van der Waals surface area contributed by atoms with Crippen LogP contribution in [0.15, 0.2) is 36.5 Å². The molecule has 21 heavy (non-hydrogen) atoms. The number of ether oxygens (including phenoxy) is 2. The lowest BCUT2D eigenvalue weighted by atomic mass is 9.75. The van der Waals surface area contributed by atoms with E-state index in [-0.39, 0.29) is 11.7 Å². The number of aryl methyl sites for hydroxylation is 1. The van der Waals surface area contributed by atoms with Gasteiger partial charge in [0.1, 0.15) is 5.60 Å². The van der Waals surface area contributed by atoms with Gasteiger partial charge in [0, 0.05) is 32.1 Å². The Balaban J connectivity index is 1.77. The summed E-state index contributed by atoms with van der Waals surface area (Å²) in [7, 11) is 1.67. The first kappa shape index (κ1) is 15.6. The van der Waals surface area contributed by atoms with Crippen molar-refractivity contribution in [2.45, 2.75) is 44.0 Å². The zero-order valence-corrected chi connectivity index (χ0v) is 12.6. The second kappa shape index (κ2) is 6.80. The van der Waals surface area contributed by atoms with Crippen molar-refractivity contribution in [3.8, 4) is 12.3 Å². The van der Waals surface area contributed by atoms with Crippen LogP contribution in [0.25, 0.3) is 0 Å². The lowest BCUT2D eigenvalue weighted by Crippen LogP contribution is -2.52. The number of nitrogens with two attached hydrogens (primary N) is 1. The summed E-state index contributed by atoms with van der Waals surface area (Å²) in [6, 6.07) is 8.40. The topological polar surface area (TPSA) is 44.5 Å². The predicted octanol–water partition coefficient (Wildman–Crippen LogP) is 2.79. The monoisotopic (exact) mass is 285 g/mol. The maximum Gasteiger partial charge on any atom is 0.111 e. The molecular formula is C18H23NO2. The van der Waals surface area contributed by atoms with E-state index in [1.165, 1.54) is 11.1 Å². The van der Waals surface area contributed by atoms with Gasteiger partial charge in [0.15, 0.2) is 0 Å². The third-order valence-corrected chi connectivity index (χ3v) is 4.16. The van der Waals surface area contributed by atoms with E-state index in [4.69, 9.17) is 21.6 Å². The van der Waals surface area contributed by atoms with Crippen molar-refractivity contribution in [2.75, 3.05) is 7.11 Å². The van der Waals surface area contributed by atoms with Crippen molar-refractivity contribution in [1.82, 2.24) is 0 Å². The van der Waals surface area contributed by atoms with Gasteiger partial charge in [-0.05, 0) is 17.5 Å². The van der Waals surface area contributed by atoms with E-state index < -0.39 is 0 Å². The molecule has 0 unspecified atom stereocenters. The highest BCUT2D eigenvalue weighted by atomic mass is 16.5. The minimum atomic E-state index is -0.385. The Labute approximate surface area is 127 Å². The summed E-state index contributed by atoms with van der Waals surface area (Å²) < 4.78 is 11.3. The van der Waals surface area contributed by atoms with Crippen LogP contribution in [0.5, 0.6) is 0 Å². The molecule has 0 saturated heterocycles. The van der Waals surface area contributed by atoms with Crippen LogP contribution in [0.4, 0.5) is 0 Å². The third kappa shape index (κ3) is 3.66. The van der Waals surface area contributed by atoms with E-state index in [0.29, 0.717) is 12.3 Å². The molecule has 0 spiro atoms. The first-order valence-electron chi connectivity index (χ1n) is 7.22. The Morgan fingerprint density at radius 1 is 1.38 bits per heavy atom. The first-order chi connectivity index (χ1) is 10.1. The summed E-state index contributed by atoms with van der Waals surface area (Å²) in [6.45, 7) is 4.40. The average Bonchev–Trinajstić information content (AvgIpc) is 2.45. The average molecular weight is 285 g/mol. The molecule has 0 aromatic heterocycles. The second-order valence-corrected chi connectivity index (χ2v) is 5.59. The molecular weight excluding hydrogens is 262 g/mol. The van der Waals surface area contributed by atoms with E-state index in [0.717, 1.165) is 25.7 Å². The molecule has 0 aliphatic heterocycles. The number of methoxy groups -OCH3 is 1. The predicted molar refractivity (Wildman–Crippen MR) is 84.5 cm³/mol. The number of hydrogen-bond acceptors (Lipinski definition) is 3. The molecule has 3 nitrogen and oxygen atoms in total. The standard InChI is InChI=1S/C18H23NO2/c1-4-5-6-15-7-9-16(10-8-15)13-21-17-11-18(12-17,20-3)14(2)19/h1,7-10,17H,2,5-6,11-13,19H2,3H3. The fourth-order valence-electron chi connectivity index (χ4n) is 2.59. The van der Waals surface area contributed by atoms with Crippen molar-refractivity contribution in [3.05, 3.63) is 47.7 Å². The molecule has 1 fully saturated rings. The van der Waals surface area contributed by atoms with Crippen LogP contribution < -0.4 is 5.73 Å². The van der Waals surface area contributed by atoms with Gasteiger partial charge in [0.2, 0.25) is 0 Å². The number of rotatable bonds is 7. The zero-order valence-electron chi connectivity index (χ0n) is 12.6. The highest BCUT2D eigenvalue weighted by molar-refractivity contribution is 5.23.